The van der Waals surface area contributed by atoms with Gasteiger partial charge in [-0.15, -0.1) is 0 Å². The van der Waals surface area contributed by atoms with Crippen LogP contribution in [0.4, 0.5) is 4.79 Å². The Morgan fingerprint density at radius 1 is 1.13 bits per heavy atom. The Bertz CT molecular complexity index is 921. The van der Waals surface area contributed by atoms with Crippen molar-refractivity contribution in [2.45, 2.75) is 50.5 Å². The van der Waals surface area contributed by atoms with E-state index in [1.165, 1.54) is 16.4 Å². The molecule has 166 valence electrons. The molecule has 2 N–H and O–H groups in total. The molecular weight excluding hydrogens is 434 g/mol. The standard InChI is InChI=1S/C19H26ClN3O6S/c1-19(2,3)22-18(26)21-16(24)12-29-17(25)14-11-13(7-8-15(14)20)30(27,28)23-9-5-4-6-10-23/h7-8,11H,4-6,9-10,12H2,1-3H3,(H2,21,22,24,26). The summed E-state index contributed by atoms with van der Waals surface area (Å²) in [4.78, 5) is 35.7. The van der Waals surface area contributed by atoms with E-state index in [2.05, 4.69) is 5.32 Å². The maximum atomic E-state index is 12.8. The predicted octanol–water partition coefficient (Wildman–Crippen LogP) is 2.30. The molecule has 30 heavy (non-hydrogen) atoms. The largest absolute Gasteiger partial charge is 0.452 e. The third kappa shape index (κ3) is 6.68. The molecule has 0 aliphatic carbocycles. The molecule has 0 radical (unpaired) electrons. The predicted molar refractivity (Wildman–Crippen MR) is 111 cm³/mol. The summed E-state index contributed by atoms with van der Waals surface area (Å²) in [5.74, 6) is -1.81. The lowest BCUT2D eigenvalue weighted by Crippen LogP contribution is -2.49. The number of urea groups is 1. The Hall–Kier alpha value is -2.17. The van der Waals surface area contributed by atoms with Crippen LogP contribution in [0.2, 0.25) is 5.02 Å². The van der Waals surface area contributed by atoms with E-state index in [-0.39, 0.29) is 15.5 Å². The number of piperidine rings is 1. The van der Waals surface area contributed by atoms with Gasteiger partial charge in [-0.1, -0.05) is 18.0 Å². The van der Waals surface area contributed by atoms with E-state index in [1.807, 2.05) is 5.32 Å². The summed E-state index contributed by atoms with van der Waals surface area (Å²) in [5.41, 5.74) is -0.726. The average Bonchev–Trinajstić information content (AvgIpc) is 2.65. The summed E-state index contributed by atoms with van der Waals surface area (Å²) in [6.45, 7) is 5.33. The van der Waals surface area contributed by atoms with Gasteiger partial charge in [-0.05, 0) is 51.8 Å². The molecule has 1 heterocycles. The molecule has 1 aromatic carbocycles. The third-order valence-corrected chi connectivity index (χ3v) is 6.41. The van der Waals surface area contributed by atoms with Crippen LogP contribution in [0.15, 0.2) is 23.1 Å². The number of esters is 1. The van der Waals surface area contributed by atoms with Crippen LogP contribution in [0.25, 0.3) is 0 Å². The van der Waals surface area contributed by atoms with E-state index in [9.17, 15) is 22.8 Å². The fourth-order valence-electron chi connectivity index (χ4n) is 2.82. The first-order chi connectivity index (χ1) is 13.9. The number of sulfonamides is 1. The van der Waals surface area contributed by atoms with Crippen LogP contribution >= 0.6 is 11.6 Å². The topological polar surface area (TPSA) is 122 Å². The second-order valence-electron chi connectivity index (χ2n) is 7.93. The maximum Gasteiger partial charge on any atom is 0.340 e. The first kappa shape index (κ1) is 24.1. The monoisotopic (exact) mass is 459 g/mol. The molecule has 1 saturated heterocycles. The number of ether oxygens (including phenoxy) is 1. The number of amides is 3. The highest BCUT2D eigenvalue weighted by Crippen LogP contribution is 2.25. The quantitative estimate of drug-likeness (QED) is 0.651. The van der Waals surface area contributed by atoms with Crippen molar-refractivity contribution in [3.8, 4) is 0 Å². The zero-order valence-corrected chi connectivity index (χ0v) is 18.7. The van der Waals surface area contributed by atoms with Crippen LogP contribution in [0.3, 0.4) is 0 Å². The van der Waals surface area contributed by atoms with E-state index in [0.29, 0.717) is 13.1 Å². The van der Waals surface area contributed by atoms with Crippen molar-refractivity contribution in [2.24, 2.45) is 0 Å². The molecule has 3 amide bonds. The summed E-state index contributed by atoms with van der Waals surface area (Å²) < 4.78 is 31.9. The number of nitrogens with one attached hydrogen (secondary N) is 2. The molecular formula is C19H26ClN3O6S. The van der Waals surface area contributed by atoms with Gasteiger partial charge in [-0.25, -0.2) is 18.0 Å². The maximum absolute atomic E-state index is 12.8. The van der Waals surface area contributed by atoms with E-state index in [0.717, 1.165) is 25.3 Å². The van der Waals surface area contributed by atoms with Crippen LogP contribution in [0, 0.1) is 0 Å². The van der Waals surface area contributed by atoms with Crippen LogP contribution in [0.1, 0.15) is 50.4 Å². The van der Waals surface area contributed by atoms with Crippen LogP contribution in [0.5, 0.6) is 0 Å². The van der Waals surface area contributed by atoms with Crippen molar-refractivity contribution in [2.75, 3.05) is 19.7 Å². The number of nitrogens with zero attached hydrogens (tertiary/aromatic N) is 1. The summed E-state index contributed by atoms with van der Waals surface area (Å²) >= 11 is 6.03. The van der Waals surface area contributed by atoms with E-state index < -0.39 is 40.1 Å². The molecule has 0 unspecified atom stereocenters. The minimum atomic E-state index is -3.76. The molecule has 0 spiro atoms. The van der Waals surface area contributed by atoms with Gasteiger partial charge >= 0.3 is 12.0 Å². The summed E-state index contributed by atoms with van der Waals surface area (Å²) in [6.07, 6.45) is 2.53. The number of carbonyl (C=O) groups is 3. The Balaban J connectivity index is 2.04. The molecule has 1 aromatic rings. The molecule has 1 fully saturated rings. The van der Waals surface area contributed by atoms with Crippen LogP contribution in [-0.2, 0) is 19.6 Å². The van der Waals surface area contributed by atoms with Crippen molar-refractivity contribution in [1.82, 2.24) is 14.9 Å². The van der Waals surface area contributed by atoms with Gasteiger partial charge in [0.25, 0.3) is 5.91 Å². The summed E-state index contributed by atoms with van der Waals surface area (Å²) in [7, 11) is -3.76. The molecule has 0 atom stereocenters. The van der Waals surface area contributed by atoms with E-state index in [1.54, 1.807) is 20.8 Å². The fourth-order valence-corrected chi connectivity index (χ4v) is 4.56. The normalized spacial score (nSPS) is 15.3. The first-order valence-electron chi connectivity index (χ1n) is 9.49. The van der Waals surface area contributed by atoms with Crippen molar-refractivity contribution < 1.29 is 27.5 Å². The second kappa shape index (κ2) is 9.76. The molecule has 2 rings (SSSR count). The summed E-state index contributed by atoms with van der Waals surface area (Å²) in [5, 5.41) is 4.55. The number of rotatable bonds is 5. The Morgan fingerprint density at radius 3 is 2.37 bits per heavy atom. The van der Waals surface area contributed by atoms with Crippen molar-refractivity contribution in [3.05, 3.63) is 28.8 Å². The molecule has 0 aromatic heterocycles. The third-order valence-electron chi connectivity index (χ3n) is 4.19. The number of carbonyl (C=O) groups excluding carboxylic acids is 3. The van der Waals surface area contributed by atoms with Gasteiger partial charge < -0.3 is 10.1 Å². The van der Waals surface area contributed by atoms with Gasteiger partial charge in [0.1, 0.15) is 0 Å². The number of imide groups is 1. The van der Waals surface area contributed by atoms with Gasteiger partial charge in [0.05, 0.1) is 15.5 Å². The molecule has 9 nitrogen and oxygen atoms in total. The number of benzene rings is 1. The van der Waals surface area contributed by atoms with Crippen molar-refractivity contribution in [1.29, 1.82) is 0 Å². The Labute approximate surface area is 181 Å². The van der Waals surface area contributed by atoms with Crippen LogP contribution in [-0.4, -0.2) is 55.9 Å². The molecule has 0 bridgehead atoms. The SMILES string of the molecule is CC(C)(C)NC(=O)NC(=O)COC(=O)c1cc(S(=O)(=O)N2CCCCC2)ccc1Cl. The van der Waals surface area contributed by atoms with Gasteiger partial charge in [0.2, 0.25) is 10.0 Å². The lowest BCUT2D eigenvalue weighted by molar-refractivity contribution is -0.123. The van der Waals surface area contributed by atoms with Crippen LogP contribution < -0.4 is 10.6 Å². The highest BCUT2D eigenvalue weighted by atomic mass is 35.5. The van der Waals surface area contributed by atoms with Gasteiger partial charge in [0, 0.05) is 18.6 Å². The molecule has 0 saturated carbocycles. The average molecular weight is 460 g/mol. The minimum Gasteiger partial charge on any atom is -0.452 e. The summed E-state index contributed by atoms with van der Waals surface area (Å²) in [6, 6.07) is 3.04. The smallest absolute Gasteiger partial charge is 0.340 e. The number of hydrogen-bond acceptors (Lipinski definition) is 6. The zero-order valence-electron chi connectivity index (χ0n) is 17.2. The lowest BCUT2D eigenvalue weighted by Gasteiger charge is -2.26. The van der Waals surface area contributed by atoms with Gasteiger partial charge in [-0.2, -0.15) is 4.31 Å². The minimum absolute atomic E-state index is 0.0107. The zero-order chi connectivity index (χ0) is 22.5. The van der Waals surface area contributed by atoms with Crippen molar-refractivity contribution >= 4 is 39.5 Å². The van der Waals surface area contributed by atoms with Crippen molar-refractivity contribution in [3.63, 3.8) is 0 Å². The lowest BCUT2D eigenvalue weighted by atomic mass is 10.1. The first-order valence-corrected chi connectivity index (χ1v) is 11.3. The second-order valence-corrected chi connectivity index (χ2v) is 10.3. The highest BCUT2D eigenvalue weighted by Gasteiger charge is 2.27. The Morgan fingerprint density at radius 2 is 1.77 bits per heavy atom. The Kier molecular flexibility index (Phi) is 7.84. The van der Waals surface area contributed by atoms with Gasteiger partial charge in [-0.3, -0.25) is 10.1 Å². The van der Waals surface area contributed by atoms with E-state index >= 15 is 0 Å². The fraction of sp³-hybridized carbons (Fsp3) is 0.526. The number of hydrogen-bond donors (Lipinski definition) is 2. The molecule has 1 aliphatic rings. The van der Waals surface area contributed by atoms with Gasteiger partial charge in [0.15, 0.2) is 6.61 Å². The molecule has 11 heteroatoms. The highest BCUT2D eigenvalue weighted by molar-refractivity contribution is 7.89. The van der Waals surface area contributed by atoms with E-state index in [4.69, 9.17) is 16.3 Å². The molecule has 1 aliphatic heterocycles. The number of halogens is 1.